The van der Waals surface area contributed by atoms with Gasteiger partial charge in [-0.05, 0) is 13.8 Å². The first-order valence-electron chi connectivity index (χ1n) is 12.1. The zero-order valence-corrected chi connectivity index (χ0v) is 23.5. The smallest absolute Gasteiger partial charge is 0.303 e. The standard InChI is InChI=1S/C26H27ClO14/c1-8-17(27)20(34)15-16(18(8)32)21(35)22(9(2)19(15)33)41-26-25(39-13(6)31)24(38-12(5)30)23(37-11(4)29)14(40-26)7-36-10(3)28/h14,23-26,32,34H,7H2,1-6H3/t14-,23-,24+,25-,26+/m1/s1. The molecule has 14 nitrogen and oxygen atoms in total. The van der Waals surface area contributed by atoms with E-state index in [-0.39, 0.29) is 16.2 Å². The van der Waals surface area contributed by atoms with Crippen LogP contribution in [-0.2, 0) is 47.6 Å². The molecule has 3 rings (SSSR count). The van der Waals surface area contributed by atoms with E-state index >= 15 is 0 Å². The van der Waals surface area contributed by atoms with Crippen molar-refractivity contribution in [3.63, 3.8) is 0 Å². The zero-order valence-electron chi connectivity index (χ0n) is 22.8. The fourth-order valence-corrected chi connectivity index (χ4v) is 4.56. The van der Waals surface area contributed by atoms with E-state index in [2.05, 4.69) is 0 Å². The summed E-state index contributed by atoms with van der Waals surface area (Å²) >= 11 is 6.01. The predicted molar refractivity (Wildman–Crippen MR) is 134 cm³/mol. The van der Waals surface area contributed by atoms with E-state index in [1.807, 2.05) is 0 Å². The molecule has 1 saturated heterocycles. The van der Waals surface area contributed by atoms with E-state index in [4.69, 9.17) is 40.0 Å². The van der Waals surface area contributed by atoms with E-state index in [9.17, 15) is 39.0 Å². The van der Waals surface area contributed by atoms with Gasteiger partial charge in [-0.15, -0.1) is 0 Å². The first-order valence-corrected chi connectivity index (χ1v) is 12.5. The highest BCUT2D eigenvalue weighted by molar-refractivity contribution is 6.36. The van der Waals surface area contributed by atoms with E-state index in [1.54, 1.807) is 0 Å². The third kappa shape index (κ3) is 6.28. The number of phenolic OH excluding ortho intramolecular Hbond substituents is 2. The number of ether oxygens (including phenoxy) is 6. The topological polar surface area (TPSA) is 198 Å². The molecule has 0 spiro atoms. The second-order valence-electron chi connectivity index (χ2n) is 9.18. The highest BCUT2D eigenvalue weighted by Crippen LogP contribution is 2.45. The van der Waals surface area contributed by atoms with Crippen molar-refractivity contribution in [2.24, 2.45) is 0 Å². The number of ketones is 2. The Morgan fingerprint density at radius 3 is 1.83 bits per heavy atom. The van der Waals surface area contributed by atoms with E-state index in [1.165, 1.54) is 13.8 Å². The molecule has 1 aromatic rings. The van der Waals surface area contributed by atoms with Gasteiger partial charge in [-0.2, -0.15) is 0 Å². The molecule has 2 aliphatic rings. The van der Waals surface area contributed by atoms with Crippen LogP contribution in [0.2, 0.25) is 5.02 Å². The summed E-state index contributed by atoms with van der Waals surface area (Å²) in [5.41, 5.74) is -1.57. The molecule has 0 saturated carbocycles. The summed E-state index contributed by atoms with van der Waals surface area (Å²) in [6.07, 6.45) is -7.97. The van der Waals surface area contributed by atoms with Crippen molar-refractivity contribution in [3.05, 3.63) is 33.0 Å². The van der Waals surface area contributed by atoms with Crippen LogP contribution < -0.4 is 0 Å². The summed E-state index contributed by atoms with van der Waals surface area (Å²) < 4.78 is 32.5. The predicted octanol–water partition coefficient (Wildman–Crippen LogP) is 1.81. The summed E-state index contributed by atoms with van der Waals surface area (Å²) in [5.74, 6) is -7.45. The zero-order chi connectivity index (χ0) is 30.9. The summed E-state index contributed by atoms with van der Waals surface area (Å²) in [6.45, 7) is 6.11. The van der Waals surface area contributed by atoms with Crippen LogP contribution in [0.1, 0.15) is 60.9 Å². The number of esters is 4. The minimum atomic E-state index is -1.82. The van der Waals surface area contributed by atoms with Gasteiger partial charge in [0.15, 0.2) is 23.8 Å². The second kappa shape index (κ2) is 12.1. The Kier molecular flexibility index (Phi) is 9.29. The SMILES string of the molecule is CC(=O)OC[C@H]1O[C@@H](OC2=C(C)C(=O)c3c(O)c(Cl)c(C)c(O)c3C2=O)[C@H](OC(C)=O)[C@@H](OC(C)=O)[C@@H]1OC(C)=O. The number of hydrogen-bond donors (Lipinski definition) is 2. The molecule has 15 heteroatoms. The summed E-state index contributed by atoms with van der Waals surface area (Å²) in [4.78, 5) is 74.2. The second-order valence-corrected chi connectivity index (χ2v) is 9.56. The first kappa shape index (κ1) is 31.4. The van der Waals surface area contributed by atoms with Crippen molar-refractivity contribution >= 4 is 47.0 Å². The first-order chi connectivity index (χ1) is 19.1. The van der Waals surface area contributed by atoms with Gasteiger partial charge in [-0.3, -0.25) is 28.8 Å². The molecular weight excluding hydrogens is 572 g/mol. The van der Waals surface area contributed by atoms with Crippen molar-refractivity contribution in [3.8, 4) is 11.5 Å². The van der Waals surface area contributed by atoms with Gasteiger partial charge in [0.1, 0.15) is 24.2 Å². The third-order valence-corrected chi connectivity index (χ3v) is 6.60. The maximum Gasteiger partial charge on any atom is 0.303 e. The number of fused-ring (bicyclic) bond motifs is 1. The lowest BCUT2D eigenvalue weighted by Crippen LogP contribution is -2.63. The van der Waals surface area contributed by atoms with Crippen LogP contribution in [0.25, 0.3) is 0 Å². The third-order valence-electron chi connectivity index (χ3n) is 6.14. The summed E-state index contributed by atoms with van der Waals surface area (Å²) in [6, 6.07) is 0. The monoisotopic (exact) mass is 598 g/mol. The number of carbonyl (C=O) groups excluding carboxylic acids is 6. The lowest BCUT2D eigenvalue weighted by atomic mass is 9.86. The number of phenols is 2. The maximum absolute atomic E-state index is 13.5. The molecule has 2 N–H and O–H groups in total. The van der Waals surface area contributed by atoms with Gasteiger partial charge in [0, 0.05) is 38.8 Å². The molecule has 0 amide bonds. The number of allylic oxidation sites excluding steroid dienone is 2. The molecule has 41 heavy (non-hydrogen) atoms. The molecule has 1 aliphatic heterocycles. The van der Waals surface area contributed by atoms with Gasteiger partial charge < -0.3 is 38.6 Å². The summed E-state index contributed by atoms with van der Waals surface area (Å²) in [7, 11) is 0. The van der Waals surface area contributed by atoms with Gasteiger partial charge in [-0.25, -0.2) is 0 Å². The largest absolute Gasteiger partial charge is 0.507 e. The number of halogens is 1. The molecule has 0 aromatic heterocycles. The van der Waals surface area contributed by atoms with Crippen LogP contribution in [0.15, 0.2) is 11.3 Å². The van der Waals surface area contributed by atoms with Crippen molar-refractivity contribution in [1.29, 1.82) is 0 Å². The van der Waals surface area contributed by atoms with Crippen molar-refractivity contribution in [1.82, 2.24) is 0 Å². The Balaban J connectivity index is 2.14. The number of carbonyl (C=O) groups is 6. The fraction of sp³-hybridized carbons (Fsp3) is 0.462. The average molecular weight is 599 g/mol. The Morgan fingerprint density at radius 2 is 1.29 bits per heavy atom. The van der Waals surface area contributed by atoms with Crippen molar-refractivity contribution < 1.29 is 67.4 Å². The fourth-order valence-electron chi connectivity index (χ4n) is 4.37. The van der Waals surface area contributed by atoms with Crippen molar-refractivity contribution in [2.75, 3.05) is 6.61 Å². The molecule has 0 radical (unpaired) electrons. The number of hydrogen-bond acceptors (Lipinski definition) is 14. The van der Waals surface area contributed by atoms with Crippen molar-refractivity contribution in [2.45, 2.75) is 72.2 Å². The van der Waals surface area contributed by atoms with Crippen LogP contribution in [0.4, 0.5) is 0 Å². The van der Waals surface area contributed by atoms with E-state index < -0.39 is 101 Å². The highest BCUT2D eigenvalue weighted by atomic mass is 35.5. The normalized spacial score (nSPS) is 23.8. The molecular formula is C26H27ClO14. The molecule has 5 atom stereocenters. The van der Waals surface area contributed by atoms with Gasteiger partial charge in [0.05, 0.1) is 16.1 Å². The van der Waals surface area contributed by atoms with Crippen LogP contribution in [-0.4, -0.2) is 83.0 Å². The Hall–Kier alpha value is -4.17. The Labute approximate surface area is 238 Å². The average Bonchev–Trinajstić information content (AvgIpc) is 2.87. The quantitative estimate of drug-likeness (QED) is 0.261. The molecule has 0 unspecified atom stereocenters. The van der Waals surface area contributed by atoms with Gasteiger partial charge in [0.25, 0.3) is 0 Å². The van der Waals surface area contributed by atoms with Crippen LogP contribution >= 0.6 is 11.6 Å². The Bertz CT molecular complexity index is 1360. The number of Topliss-reactive ketones (excluding diaryl/α,β-unsaturated/α-hetero) is 2. The van der Waals surface area contributed by atoms with Crippen LogP contribution in [0, 0.1) is 6.92 Å². The van der Waals surface area contributed by atoms with E-state index in [0.29, 0.717) is 0 Å². The molecule has 0 bridgehead atoms. The molecule has 1 heterocycles. The Morgan fingerprint density at radius 1 is 0.780 bits per heavy atom. The summed E-state index contributed by atoms with van der Waals surface area (Å²) in [5, 5.41) is 20.8. The number of rotatable bonds is 7. The maximum atomic E-state index is 13.5. The van der Waals surface area contributed by atoms with Gasteiger partial charge in [-0.1, -0.05) is 11.6 Å². The number of benzene rings is 1. The minimum absolute atomic E-state index is 0.0877. The van der Waals surface area contributed by atoms with Crippen LogP contribution in [0.5, 0.6) is 11.5 Å². The van der Waals surface area contributed by atoms with Gasteiger partial charge >= 0.3 is 23.9 Å². The minimum Gasteiger partial charge on any atom is -0.507 e. The highest BCUT2D eigenvalue weighted by Gasteiger charge is 2.54. The lowest BCUT2D eigenvalue weighted by molar-refractivity contribution is -0.299. The number of aromatic hydroxyl groups is 2. The molecule has 1 aromatic carbocycles. The van der Waals surface area contributed by atoms with Crippen LogP contribution in [0.3, 0.4) is 0 Å². The van der Waals surface area contributed by atoms with E-state index in [0.717, 1.165) is 27.7 Å². The lowest BCUT2D eigenvalue weighted by Gasteiger charge is -2.44. The van der Waals surface area contributed by atoms with Gasteiger partial charge in [0.2, 0.25) is 18.2 Å². The molecule has 1 aliphatic carbocycles. The molecule has 1 fully saturated rings. The molecule has 222 valence electrons.